The molecule has 20 heavy (non-hydrogen) atoms. The molecule has 0 atom stereocenters. The Bertz CT molecular complexity index is 744. The highest BCUT2D eigenvalue weighted by Crippen LogP contribution is 2.26. The van der Waals surface area contributed by atoms with E-state index in [2.05, 4.69) is 30.2 Å². The molecule has 3 rings (SSSR count). The highest BCUT2D eigenvalue weighted by atomic mass is 15.5. The van der Waals surface area contributed by atoms with E-state index in [0.29, 0.717) is 11.5 Å². The summed E-state index contributed by atoms with van der Waals surface area (Å²) in [5.74, 6) is 0.560. The van der Waals surface area contributed by atoms with Crippen molar-refractivity contribution < 1.29 is 0 Å². The summed E-state index contributed by atoms with van der Waals surface area (Å²) in [4.78, 5) is 0. The Morgan fingerprint density at radius 3 is 2.45 bits per heavy atom. The molecule has 1 aromatic heterocycles. The fourth-order valence-electron chi connectivity index (χ4n) is 2.23. The summed E-state index contributed by atoms with van der Waals surface area (Å²) in [6.45, 7) is 4.14. The van der Waals surface area contributed by atoms with Gasteiger partial charge in [0.1, 0.15) is 5.69 Å². The number of nitrogens with two attached hydrogens (primary N) is 1. The highest BCUT2D eigenvalue weighted by molar-refractivity contribution is 5.71. The van der Waals surface area contributed by atoms with Crippen LogP contribution < -0.4 is 5.73 Å². The van der Waals surface area contributed by atoms with E-state index in [1.54, 1.807) is 4.68 Å². The van der Waals surface area contributed by atoms with Gasteiger partial charge in [-0.2, -0.15) is 4.68 Å². The van der Waals surface area contributed by atoms with Crippen molar-refractivity contribution in [3.63, 3.8) is 0 Å². The topological polar surface area (TPSA) is 56.7 Å². The largest absolute Gasteiger partial charge is 0.382 e. The lowest BCUT2D eigenvalue weighted by Crippen LogP contribution is -2.05. The van der Waals surface area contributed by atoms with Crippen LogP contribution in [0, 0.1) is 13.8 Å². The first kappa shape index (κ1) is 12.4. The van der Waals surface area contributed by atoms with Crippen LogP contribution in [0.1, 0.15) is 11.1 Å². The van der Waals surface area contributed by atoms with E-state index in [9.17, 15) is 0 Å². The van der Waals surface area contributed by atoms with Crippen LogP contribution >= 0.6 is 0 Å². The molecule has 0 aliphatic rings. The Labute approximate surface area is 117 Å². The molecular weight excluding hydrogens is 248 g/mol. The Kier molecular flexibility index (Phi) is 2.99. The van der Waals surface area contributed by atoms with E-state index in [1.807, 2.05) is 42.5 Å². The van der Waals surface area contributed by atoms with E-state index in [0.717, 1.165) is 16.8 Å². The lowest BCUT2D eigenvalue weighted by molar-refractivity contribution is 0.804. The van der Waals surface area contributed by atoms with Crippen molar-refractivity contribution in [3.8, 4) is 16.9 Å². The smallest absolute Gasteiger partial charge is 0.155 e. The molecular formula is C16H16N4. The first-order valence-corrected chi connectivity index (χ1v) is 6.51. The van der Waals surface area contributed by atoms with E-state index < -0.39 is 0 Å². The fourth-order valence-corrected chi connectivity index (χ4v) is 2.23. The maximum atomic E-state index is 6.22. The Hall–Kier alpha value is -2.62. The average molecular weight is 264 g/mol. The molecule has 0 aliphatic heterocycles. The molecule has 3 aromatic rings. The zero-order chi connectivity index (χ0) is 14.1. The van der Waals surface area contributed by atoms with Crippen LogP contribution in [0.3, 0.4) is 0 Å². The summed E-state index contributed by atoms with van der Waals surface area (Å²) < 4.78 is 1.70. The number of aromatic nitrogens is 3. The van der Waals surface area contributed by atoms with Gasteiger partial charge in [0.15, 0.2) is 5.82 Å². The lowest BCUT2D eigenvalue weighted by atomic mass is 10.1. The number of hydrogen-bond acceptors (Lipinski definition) is 3. The van der Waals surface area contributed by atoms with Gasteiger partial charge in [0, 0.05) is 5.56 Å². The van der Waals surface area contributed by atoms with E-state index in [-0.39, 0.29) is 0 Å². The summed E-state index contributed by atoms with van der Waals surface area (Å²) in [6.07, 6.45) is 0. The maximum Gasteiger partial charge on any atom is 0.155 e. The quantitative estimate of drug-likeness (QED) is 0.773. The SMILES string of the molecule is Cc1cccc(-n2nnc(-c3ccccc3)c2N)c1C. The second-order valence-electron chi connectivity index (χ2n) is 4.82. The molecule has 0 unspecified atom stereocenters. The number of benzene rings is 2. The van der Waals surface area contributed by atoms with Crippen LogP contribution in [0.4, 0.5) is 5.82 Å². The number of rotatable bonds is 2. The standard InChI is InChI=1S/C16H16N4/c1-11-7-6-10-14(12(11)2)20-16(17)15(18-19-20)13-8-4-3-5-9-13/h3-10H,17H2,1-2H3. The molecule has 0 bridgehead atoms. The van der Waals surface area contributed by atoms with E-state index in [1.165, 1.54) is 5.56 Å². The van der Waals surface area contributed by atoms with Gasteiger partial charge in [0.2, 0.25) is 0 Å². The summed E-state index contributed by atoms with van der Waals surface area (Å²) in [5, 5.41) is 8.43. The van der Waals surface area contributed by atoms with Gasteiger partial charge in [-0.15, -0.1) is 5.10 Å². The van der Waals surface area contributed by atoms with Crippen molar-refractivity contribution in [2.24, 2.45) is 0 Å². The molecule has 0 fully saturated rings. The van der Waals surface area contributed by atoms with Crippen LogP contribution in [-0.4, -0.2) is 15.0 Å². The van der Waals surface area contributed by atoms with Crippen LogP contribution in [0.15, 0.2) is 48.5 Å². The van der Waals surface area contributed by atoms with Crippen molar-refractivity contribution in [2.45, 2.75) is 13.8 Å². The number of anilines is 1. The molecule has 4 nitrogen and oxygen atoms in total. The molecule has 0 radical (unpaired) electrons. The predicted octanol–water partition coefficient (Wildman–Crippen LogP) is 3.13. The lowest BCUT2D eigenvalue weighted by Gasteiger charge is -2.09. The first-order chi connectivity index (χ1) is 9.68. The van der Waals surface area contributed by atoms with Crippen molar-refractivity contribution in [3.05, 3.63) is 59.7 Å². The molecule has 100 valence electrons. The molecule has 0 amide bonds. The van der Waals surface area contributed by atoms with Crippen molar-refractivity contribution >= 4 is 5.82 Å². The molecule has 0 aliphatic carbocycles. The van der Waals surface area contributed by atoms with Gasteiger partial charge in [-0.3, -0.25) is 0 Å². The zero-order valence-electron chi connectivity index (χ0n) is 11.5. The van der Waals surface area contributed by atoms with Gasteiger partial charge in [-0.05, 0) is 31.0 Å². The number of hydrogen-bond donors (Lipinski definition) is 1. The zero-order valence-corrected chi connectivity index (χ0v) is 11.5. The third-order valence-corrected chi connectivity index (χ3v) is 3.56. The summed E-state index contributed by atoms with van der Waals surface area (Å²) in [5.41, 5.74) is 11.2. The summed E-state index contributed by atoms with van der Waals surface area (Å²) in [7, 11) is 0. The van der Waals surface area contributed by atoms with E-state index in [4.69, 9.17) is 5.73 Å². The van der Waals surface area contributed by atoms with Crippen molar-refractivity contribution in [1.82, 2.24) is 15.0 Å². The Morgan fingerprint density at radius 2 is 1.70 bits per heavy atom. The highest BCUT2D eigenvalue weighted by Gasteiger charge is 2.14. The average Bonchev–Trinajstić information content (AvgIpc) is 2.85. The van der Waals surface area contributed by atoms with Crippen LogP contribution in [0.2, 0.25) is 0 Å². The second kappa shape index (κ2) is 4.81. The fraction of sp³-hybridized carbons (Fsp3) is 0.125. The van der Waals surface area contributed by atoms with E-state index >= 15 is 0 Å². The third-order valence-electron chi connectivity index (χ3n) is 3.56. The van der Waals surface area contributed by atoms with Crippen LogP contribution in [-0.2, 0) is 0 Å². The minimum Gasteiger partial charge on any atom is -0.382 e. The van der Waals surface area contributed by atoms with Gasteiger partial charge in [-0.25, -0.2) is 0 Å². The summed E-state index contributed by atoms with van der Waals surface area (Å²) >= 11 is 0. The van der Waals surface area contributed by atoms with Gasteiger partial charge < -0.3 is 5.73 Å². The van der Waals surface area contributed by atoms with Gasteiger partial charge in [0.05, 0.1) is 5.69 Å². The molecule has 4 heteroatoms. The van der Waals surface area contributed by atoms with Crippen molar-refractivity contribution in [2.75, 3.05) is 5.73 Å². The summed E-state index contributed by atoms with van der Waals surface area (Å²) in [6, 6.07) is 15.9. The van der Waals surface area contributed by atoms with Crippen LogP contribution in [0.25, 0.3) is 16.9 Å². The molecule has 0 saturated carbocycles. The normalized spacial score (nSPS) is 10.7. The second-order valence-corrected chi connectivity index (χ2v) is 4.82. The van der Waals surface area contributed by atoms with Gasteiger partial charge in [-0.1, -0.05) is 47.7 Å². The monoisotopic (exact) mass is 264 g/mol. The van der Waals surface area contributed by atoms with Crippen LogP contribution in [0.5, 0.6) is 0 Å². The Balaban J connectivity index is 2.14. The number of nitrogens with zero attached hydrogens (tertiary/aromatic N) is 3. The molecule has 2 N–H and O–H groups in total. The predicted molar refractivity (Wildman–Crippen MR) is 80.7 cm³/mol. The maximum absolute atomic E-state index is 6.22. The third kappa shape index (κ3) is 1.95. The molecule has 0 spiro atoms. The minimum atomic E-state index is 0.560. The van der Waals surface area contributed by atoms with Crippen molar-refractivity contribution in [1.29, 1.82) is 0 Å². The van der Waals surface area contributed by atoms with Gasteiger partial charge in [0.25, 0.3) is 0 Å². The minimum absolute atomic E-state index is 0.560. The number of nitrogen functional groups attached to an aromatic ring is 1. The molecule has 1 heterocycles. The van der Waals surface area contributed by atoms with Gasteiger partial charge >= 0.3 is 0 Å². The molecule has 0 saturated heterocycles. The Morgan fingerprint density at radius 1 is 0.950 bits per heavy atom. The number of aryl methyl sites for hydroxylation is 1. The first-order valence-electron chi connectivity index (χ1n) is 6.51. The molecule has 2 aromatic carbocycles.